The van der Waals surface area contributed by atoms with Gasteiger partial charge in [0.25, 0.3) is 5.91 Å². The van der Waals surface area contributed by atoms with Crippen LogP contribution >= 0.6 is 0 Å². The standard InChI is InChI=1S/C14H13N3O/c1-3-8-15-14(18)12-4-6-13(7-5-12)17-10-11(2)9-16-17/h1,4-7,9-10H,8H2,2H3,(H,15,18). The van der Waals surface area contributed by atoms with Crippen molar-refractivity contribution in [3.05, 3.63) is 47.8 Å². The van der Waals surface area contributed by atoms with Gasteiger partial charge in [-0.3, -0.25) is 4.79 Å². The van der Waals surface area contributed by atoms with Crippen molar-refractivity contribution in [3.63, 3.8) is 0 Å². The van der Waals surface area contributed by atoms with Gasteiger partial charge in [0, 0.05) is 11.8 Å². The SMILES string of the molecule is C#CCNC(=O)c1ccc(-n2cc(C)cn2)cc1. The number of terminal acetylenes is 1. The third-order valence-electron chi connectivity index (χ3n) is 2.46. The first kappa shape index (κ1) is 11.9. The van der Waals surface area contributed by atoms with E-state index in [4.69, 9.17) is 6.42 Å². The van der Waals surface area contributed by atoms with Gasteiger partial charge in [-0.1, -0.05) is 5.92 Å². The van der Waals surface area contributed by atoms with Gasteiger partial charge in [0.15, 0.2) is 0 Å². The summed E-state index contributed by atoms with van der Waals surface area (Å²) < 4.78 is 1.76. The van der Waals surface area contributed by atoms with Crippen LogP contribution in [0.25, 0.3) is 5.69 Å². The summed E-state index contributed by atoms with van der Waals surface area (Å²) in [7, 11) is 0. The number of nitrogens with zero attached hydrogens (tertiary/aromatic N) is 2. The zero-order chi connectivity index (χ0) is 13.0. The van der Waals surface area contributed by atoms with E-state index in [1.165, 1.54) is 0 Å². The fourth-order valence-electron chi connectivity index (χ4n) is 1.55. The minimum absolute atomic E-state index is 0.170. The van der Waals surface area contributed by atoms with Crippen molar-refractivity contribution in [2.45, 2.75) is 6.92 Å². The maximum Gasteiger partial charge on any atom is 0.252 e. The minimum Gasteiger partial charge on any atom is -0.341 e. The summed E-state index contributed by atoms with van der Waals surface area (Å²) in [6.07, 6.45) is 8.79. The molecule has 0 fully saturated rings. The molecular weight excluding hydrogens is 226 g/mol. The molecule has 0 aliphatic heterocycles. The first-order valence-corrected chi connectivity index (χ1v) is 5.54. The number of hydrogen-bond donors (Lipinski definition) is 1. The monoisotopic (exact) mass is 239 g/mol. The number of carbonyl (C=O) groups excluding carboxylic acids is 1. The van der Waals surface area contributed by atoms with E-state index >= 15 is 0 Å². The maximum absolute atomic E-state index is 11.6. The predicted molar refractivity (Wildman–Crippen MR) is 69.5 cm³/mol. The predicted octanol–water partition coefficient (Wildman–Crippen LogP) is 1.54. The highest BCUT2D eigenvalue weighted by Crippen LogP contribution is 2.09. The van der Waals surface area contributed by atoms with E-state index in [-0.39, 0.29) is 12.5 Å². The second-order valence-electron chi connectivity index (χ2n) is 3.90. The number of rotatable bonds is 3. The Morgan fingerprint density at radius 3 is 2.72 bits per heavy atom. The van der Waals surface area contributed by atoms with E-state index in [1.54, 1.807) is 23.0 Å². The molecule has 0 aliphatic carbocycles. The molecule has 2 aromatic rings. The van der Waals surface area contributed by atoms with Gasteiger partial charge in [0.05, 0.1) is 18.4 Å². The third kappa shape index (κ3) is 2.58. The number of nitrogens with one attached hydrogen (secondary N) is 1. The molecule has 90 valence electrons. The summed E-state index contributed by atoms with van der Waals surface area (Å²) in [4.78, 5) is 11.6. The average Bonchev–Trinajstić information content (AvgIpc) is 2.83. The topological polar surface area (TPSA) is 46.9 Å². The van der Waals surface area contributed by atoms with Crippen LogP contribution in [0, 0.1) is 19.3 Å². The van der Waals surface area contributed by atoms with Gasteiger partial charge in [0.2, 0.25) is 0 Å². The van der Waals surface area contributed by atoms with Crippen molar-refractivity contribution in [2.75, 3.05) is 6.54 Å². The molecule has 0 bridgehead atoms. The summed E-state index contributed by atoms with van der Waals surface area (Å²) in [5.41, 5.74) is 2.58. The van der Waals surface area contributed by atoms with Gasteiger partial charge in [-0.25, -0.2) is 4.68 Å². The second-order valence-corrected chi connectivity index (χ2v) is 3.90. The van der Waals surface area contributed by atoms with Gasteiger partial charge in [-0.2, -0.15) is 5.10 Å². The first-order valence-electron chi connectivity index (χ1n) is 5.54. The van der Waals surface area contributed by atoms with E-state index in [0.29, 0.717) is 5.56 Å². The molecular formula is C14H13N3O. The smallest absolute Gasteiger partial charge is 0.252 e. The van der Waals surface area contributed by atoms with Crippen LogP contribution in [-0.2, 0) is 0 Å². The van der Waals surface area contributed by atoms with Crippen molar-refractivity contribution in [1.29, 1.82) is 0 Å². The molecule has 1 aromatic heterocycles. The second kappa shape index (κ2) is 5.19. The lowest BCUT2D eigenvalue weighted by atomic mass is 10.2. The summed E-state index contributed by atoms with van der Waals surface area (Å²) in [6, 6.07) is 7.19. The fourth-order valence-corrected chi connectivity index (χ4v) is 1.55. The molecule has 1 heterocycles. The van der Waals surface area contributed by atoms with Gasteiger partial charge in [0.1, 0.15) is 0 Å². The maximum atomic E-state index is 11.6. The number of hydrogen-bond acceptors (Lipinski definition) is 2. The first-order chi connectivity index (χ1) is 8.70. The Labute approximate surface area is 106 Å². The number of aromatic nitrogens is 2. The average molecular weight is 239 g/mol. The zero-order valence-electron chi connectivity index (χ0n) is 10.1. The molecule has 1 aromatic carbocycles. The van der Waals surface area contributed by atoms with Gasteiger partial charge >= 0.3 is 0 Å². The van der Waals surface area contributed by atoms with E-state index in [2.05, 4.69) is 16.3 Å². The molecule has 0 saturated carbocycles. The van der Waals surface area contributed by atoms with Crippen molar-refractivity contribution in [3.8, 4) is 18.0 Å². The van der Waals surface area contributed by atoms with Crippen molar-refractivity contribution < 1.29 is 4.79 Å². The van der Waals surface area contributed by atoms with E-state index in [1.807, 2.05) is 25.3 Å². The zero-order valence-corrected chi connectivity index (χ0v) is 10.1. The molecule has 1 N–H and O–H groups in total. The van der Waals surface area contributed by atoms with Crippen LogP contribution in [0.5, 0.6) is 0 Å². The molecule has 18 heavy (non-hydrogen) atoms. The number of benzene rings is 1. The van der Waals surface area contributed by atoms with Crippen LogP contribution < -0.4 is 5.32 Å². The van der Waals surface area contributed by atoms with Crippen molar-refractivity contribution in [1.82, 2.24) is 15.1 Å². The van der Waals surface area contributed by atoms with Crippen LogP contribution in [0.2, 0.25) is 0 Å². The number of amides is 1. The lowest BCUT2D eigenvalue weighted by molar-refractivity contribution is 0.0958. The third-order valence-corrected chi connectivity index (χ3v) is 2.46. The molecule has 4 nitrogen and oxygen atoms in total. The van der Waals surface area contributed by atoms with E-state index in [0.717, 1.165) is 11.3 Å². The molecule has 2 rings (SSSR count). The van der Waals surface area contributed by atoms with Crippen LogP contribution in [0.4, 0.5) is 0 Å². The minimum atomic E-state index is -0.170. The summed E-state index contributed by atoms with van der Waals surface area (Å²) in [5, 5.41) is 6.81. The van der Waals surface area contributed by atoms with Gasteiger partial charge < -0.3 is 5.32 Å². The Hall–Kier alpha value is -2.54. The highest BCUT2D eigenvalue weighted by atomic mass is 16.1. The number of carbonyl (C=O) groups is 1. The fraction of sp³-hybridized carbons (Fsp3) is 0.143. The molecule has 0 radical (unpaired) electrons. The number of aryl methyl sites for hydroxylation is 1. The van der Waals surface area contributed by atoms with Crippen LogP contribution in [-0.4, -0.2) is 22.2 Å². The lowest BCUT2D eigenvalue weighted by Crippen LogP contribution is -2.23. The molecule has 0 spiro atoms. The Morgan fingerprint density at radius 2 is 2.17 bits per heavy atom. The molecule has 0 saturated heterocycles. The quantitative estimate of drug-likeness (QED) is 0.826. The summed E-state index contributed by atoms with van der Waals surface area (Å²) >= 11 is 0. The summed E-state index contributed by atoms with van der Waals surface area (Å²) in [6.45, 7) is 2.21. The van der Waals surface area contributed by atoms with Gasteiger partial charge in [-0.15, -0.1) is 6.42 Å². The Morgan fingerprint density at radius 1 is 1.44 bits per heavy atom. The Kier molecular flexibility index (Phi) is 3.44. The largest absolute Gasteiger partial charge is 0.341 e. The van der Waals surface area contributed by atoms with Crippen molar-refractivity contribution in [2.24, 2.45) is 0 Å². The van der Waals surface area contributed by atoms with E-state index < -0.39 is 0 Å². The Bertz CT molecular complexity index is 590. The van der Waals surface area contributed by atoms with Crippen LogP contribution in [0.15, 0.2) is 36.7 Å². The highest BCUT2D eigenvalue weighted by molar-refractivity contribution is 5.94. The highest BCUT2D eigenvalue weighted by Gasteiger charge is 2.04. The summed E-state index contributed by atoms with van der Waals surface area (Å²) in [5.74, 6) is 2.19. The van der Waals surface area contributed by atoms with Crippen LogP contribution in [0.1, 0.15) is 15.9 Å². The lowest BCUT2D eigenvalue weighted by Gasteiger charge is -2.04. The molecule has 4 heteroatoms. The van der Waals surface area contributed by atoms with E-state index in [9.17, 15) is 4.79 Å². The molecule has 0 atom stereocenters. The van der Waals surface area contributed by atoms with Crippen molar-refractivity contribution >= 4 is 5.91 Å². The molecule has 0 aliphatic rings. The normalized spacial score (nSPS) is 9.78. The Balaban J connectivity index is 2.15. The van der Waals surface area contributed by atoms with Gasteiger partial charge in [-0.05, 0) is 36.8 Å². The molecule has 0 unspecified atom stereocenters. The molecule has 1 amide bonds. The van der Waals surface area contributed by atoms with Crippen LogP contribution in [0.3, 0.4) is 0 Å².